The minimum atomic E-state index is 0.714. The summed E-state index contributed by atoms with van der Waals surface area (Å²) in [6.07, 6.45) is 3.40. The fourth-order valence-corrected chi connectivity index (χ4v) is 1.62. The number of nitrogen functional groups attached to an aromatic ring is 1. The summed E-state index contributed by atoms with van der Waals surface area (Å²) in [4.78, 5) is 2.24. The summed E-state index contributed by atoms with van der Waals surface area (Å²) >= 11 is 0. The molecule has 0 aliphatic carbocycles. The second-order valence-electron chi connectivity index (χ2n) is 4.35. The van der Waals surface area contributed by atoms with Crippen LogP contribution in [0.25, 0.3) is 0 Å². The normalized spacial score (nSPS) is 10.3. The quantitative estimate of drug-likeness (QED) is 0.738. The number of nitrogens with zero attached hydrogens (tertiary/aromatic N) is 1. The van der Waals surface area contributed by atoms with Gasteiger partial charge in [-0.1, -0.05) is 20.3 Å². The Labute approximate surface area is 105 Å². The molecule has 1 aromatic carbocycles. The summed E-state index contributed by atoms with van der Waals surface area (Å²) in [7, 11) is 2.10. The SMILES string of the molecule is CCCCN(C)c1ccc(N)c(OCCC)c1. The zero-order chi connectivity index (χ0) is 12.7. The lowest BCUT2D eigenvalue weighted by Gasteiger charge is -2.20. The van der Waals surface area contributed by atoms with Crippen LogP contribution in [0.4, 0.5) is 11.4 Å². The third kappa shape index (κ3) is 4.17. The van der Waals surface area contributed by atoms with E-state index in [4.69, 9.17) is 10.5 Å². The lowest BCUT2D eigenvalue weighted by Crippen LogP contribution is -2.18. The molecule has 3 nitrogen and oxygen atoms in total. The second kappa shape index (κ2) is 7.05. The summed E-state index contributed by atoms with van der Waals surface area (Å²) < 4.78 is 5.63. The van der Waals surface area contributed by atoms with Crippen molar-refractivity contribution in [2.45, 2.75) is 33.1 Å². The van der Waals surface area contributed by atoms with Crippen molar-refractivity contribution in [1.82, 2.24) is 0 Å². The summed E-state index contributed by atoms with van der Waals surface area (Å²) in [6.45, 7) is 6.07. The zero-order valence-electron chi connectivity index (χ0n) is 11.2. The Morgan fingerprint density at radius 2 is 2.00 bits per heavy atom. The first kappa shape index (κ1) is 13.7. The van der Waals surface area contributed by atoms with E-state index in [-0.39, 0.29) is 0 Å². The van der Waals surface area contributed by atoms with Gasteiger partial charge in [0.25, 0.3) is 0 Å². The van der Waals surface area contributed by atoms with Gasteiger partial charge in [-0.3, -0.25) is 0 Å². The van der Waals surface area contributed by atoms with Gasteiger partial charge in [0.05, 0.1) is 12.3 Å². The Bertz CT molecular complexity index is 339. The first-order chi connectivity index (χ1) is 8.19. The van der Waals surface area contributed by atoms with Crippen molar-refractivity contribution in [3.05, 3.63) is 18.2 Å². The minimum absolute atomic E-state index is 0.714. The molecule has 0 spiro atoms. The van der Waals surface area contributed by atoms with E-state index in [1.807, 2.05) is 18.2 Å². The summed E-state index contributed by atoms with van der Waals surface area (Å²) in [5.74, 6) is 0.799. The molecule has 0 heterocycles. The highest BCUT2D eigenvalue weighted by Gasteiger charge is 2.05. The van der Waals surface area contributed by atoms with Crippen molar-refractivity contribution < 1.29 is 4.74 Å². The number of ether oxygens (including phenoxy) is 1. The molecule has 0 fully saturated rings. The molecule has 0 bridgehead atoms. The van der Waals surface area contributed by atoms with Crippen molar-refractivity contribution in [3.63, 3.8) is 0 Å². The molecule has 0 aromatic heterocycles. The van der Waals surface area contributed by atoms with Crippen LogP contribution in [0.2, 0.25) is 0 Å². The van der Waals surface area contributed by atoms with Crippen LogP contribution in [0.5, 0.6) is 5.75 Å². The maximum atomic E-state index is 5.89. The lowest BCUT2D eigenvalue weighted by atomic mass is 10.2. The van der Waals surface area contributed by atoms with Crippen molar-refractivity contribution in [3.8, 4) is 5.75 Å². The summed E-state index contributed by atoms with van der Waals surface area (Å²) in [6, 6.07) is 5.99. The first-order valence-electron chi connectivity index (χ1n) is 6.42. The van der Waals surface area contributed by atoms with Gasteiger partial charge in [0, 0.05) is 25.3 Å². The summed E-state index contributed by atoms with van der Waals surface area (Å²) in [5, 5.41) is 0. The van der Waals surface area contributed by atoms with Gasteiger partial charge >= 0.3 is 0 Å². The van der Waals surface area contributed by atoms with Crippen LogP contribution < -0.4 is 15.4 Å². The van der Waals surface area contributed by atoms with Crippen LogP contribution in [-0.2, 0) is 0 Å². The number of hydrogen-bond acceptors (Lipinski definition) is 3. The van der Waals surface area contributed by atoms with E-state index >= 15 is 0 Å². The molecule has 1 aromatic rings. The van der Waals surface area contributed by atoms with Crippen molar-refractivity contribution >= 4 is 11.4 Å². The number of hydrogen-bond donors (Lipinski definition) is 1. The number of anilines is 2. The molecule has 0 saturated heterocycles. The Morgan fingerprint density at radius 1 is 1.24 bits per heavy atom. The Morgan fingerprint density at radius 3 is 2.65 bits per heavy atom. The maximum absolute atomic E-state index is 5.89. The van der Waals surface area contributed by atoms with E-state index in [1.54, 1.807) is 0 Å². The molecular formula is C14H24N2O. The predicted octanol–water partition coefficient (Wildman–Crippen LogP) is 3.29. The molecule has 3 heteroatoms. The molecule has 2 N–H and O–H groups in total. The minimum Gasteiger partial charge on any atom is -0.491 e. The monoisotopic (exact) mass is 236 g/mol. The number of nitrogens with two attached hydrogens (primary N) is 1. The van der Waals surface area contributed by atoms with E-state index in [9.17, 15) is 0 Å². The van der Waals surface area contributed by atoms with E-state index in [0.717, 1.165) is 18.7 Å². The van der Waals surface area contributed by atoms with Crippen LogP contribution in [0.3, 0.4) is 0 Å². The van der Waals surface area contributed by atoms with E-state index < -0.39 is 0 Å². The van der Waals surface area contributed by atoms with Gasteiger partial charge in [0.1, 0.15) is 5.75 Å². The molecule has 96 valence electrons. The lowest BCUT2D eigenvalue weighted by molar-refractivity contribution is 0.319. The largest absolute Gasteiger partial charge is 0.491 e. The Hall–Kier alpha value is -1.38. The molecule has 0 unspecified atom stereocenters. The van der Waals surface area contributed by atoms with Gasteiger partial charge in [0.2, 0.25) is 0 Å². The van der Waals surface area contributed by atoms with Gasteiger partial charge < -0.3 is 15.4 Å². The first-order valence-corrected chi connectivity index (χ1v) is 6.42. The standard InChI is InChI=1S/C14H24N2O/c1-4-6-9-16(3)12-7-8-13(15)14(11-12)17-10-5-2/h7-8,11H,4-6,9-10,15H2,1-3H3. The third-order valence-corrected chi connectivity index (χ3v) is 2.75. The van der Waals surface area contributed by atoms with Crippen molar-refractivity contribution in [2.75, 3.05) is 30.8 Å². The molecular weight excluding hydrogens is 212 g/mol. The Kier molecular flexibility index (Phi) is 5.67. The molecule has 0 radical (unpaired) electrons. The van der Waals surface area contributed by atoms with Crippen LogP contribution in [-0.4, -0.2) is 20.2 Å². The number of rotatable bonds is 7. The van der Waals surface area contributed by atoms with Gasteiger partial charge in [-0.05, 0) is 25.0 Å². The number of benzene rings is 1. The van der Waals surface area contributed by atoms with Crippen LogP contribution in [0, 0.1) is 0 Å². The molecule has 17 heavy (non-hydrogen) atoms. The third-order valence-electron chi connectivity index (χ3n) is 2.75. The predicted molar refractivity (Wildman–Crippen MR) is 74.8 cm³/mol. The highest BCUT2D eigenvalue weighted by Crippen LogP contribution is 2.27. The molecule has 1 rings (SSSR count). The molecule has 0 saturated carbocycles. The number of unbranched alkanes of at least 4 members (excludes halogenated alkanes) is 1. The van der Waals surface area contributed by atoms with Gasteiger partial charge in [-0.25, -0.2) is 0 Å². The van der Waals surface area contributed by atoms with Crippen LogP contribution >= 0.6 is 0 Å². The average molecular weight is 236 g/mol. The topological polar surface area (TPSA) is 38.5 Å². The highest BCUT2D eigenvalue weighted by molar-refractivity contribution is 5.62. The fourth-order valence-electron chi connectivity index (χ4n) is 1.62. The summed E-state index contributed by atoms with van der Waals surface area (Å²) in [5.41, 5.74) is 7.77. The van der Waals surface area contributed by atoms with Gasteiger partial charge in [0.15, 0.2) is 0 Å². The smallest absolute Gasteiger partial charge is 0.144 e. The van der Waals surface area contributed by atoms with Crippen LogP contribution in [0.15, 0.2) is 18.2 Å². The van der Waals surface area contributed by atoms with Gasteiger partial charge in [-0.2, -0.15) is 0 Å². The highest BCUT2D eigenvalue weighted by atomic mass is 16.5. The van der Waals surface area contributed by atoms with Crippen molar-refractivity contribution in [2.24, 2.45) is 0 Å². The second-order valence-corrected chi connectivity index (χ2v) is 4.35. The molecule has 0 atom stereocenters. The van der Waals surface area contributed by atoms with Crippen LogP contribution in [0.1, 0.15) is 33.1 Å². The average Bonchev–Trinajstić information content (AvgIpc) is 2.35. The maximum Gasteiger partial charge on any atom is 0.144 e. The van der Waals surface area contributed by atoms with E-state index in [2.05, 4.69) is 25.8 Å². The fraction of sp³-hybridized carbons (Fsp3) is 0.571. The van der Waals surface area contributed by atoms with Crippen molar-refractivity contribution in [1.29, 1.82) is 0 Å². The van der Waals surface area contributed by atoms with Gasteiger partial charge in [-0.15, -0.1) is 0 Å². The molecule has 0 amide bonds. The molecule has 0 aliphatic heterocycles. The zero-order valence-corrected chi connectivity index (χ0v) is 11.2. The van der Waals surface area contributed by atoms with E-state index in [1.165, 1.54) is 18.5 Å². The Balaban J connectivity index is 2.72. The van der Waals surface area contributed by atoms with E-state index in [0.29, 0.717) is 12.3 Å². The molecule has 0 aliphatic rings.